The summed E-state index contributed by atoms with van der Waals surface area (Å²) >= 11 is 3.43. The van der Waals surface area contributed by atoms with Crippen LogP contribution in [0.4, 0.5) is 5.69 Å². The van der Waals surface area contributed by atoms with Crippen molar-refractivity contribution in [2.45, 2.75) is 11.7 Å². The molecule has 2 heterocycles. The normalized spacial score (nSPS) is 24.3. The smallest absolute Gasteiger partial charge is 0.241 e. The Kier molecular flexibility index (Phi) is 4.81. The van der Waals surface area contributed by atoms with Gasteiger partial charge in [0.1, 0.15) is 5.75 Å². The van der Waals surface area contributed by atoms with E-state index in [0.29, 0.717) is 17.0 Å². The Morgan fingerprint density at radius 3 is 2.11 bits per heavy atom. The van der Waals surface area contributed by atoms with E-state index in [0.717, 1.165) is 9.37 Å². The number of Topliss-reactive ketones (excluding diaryl/α,β-unsaturated/α-hetero) is 2. The number of amides is 2. The van der Waals surface area contributed by atoms with Crippen LogP contribution in [0.15, 0.2) is 77.3 Å². The molecule has 6 rings (SSSR count). The zero-order valence-electron chi connectivity index (χ0n) is 18.4. The largest absolute Gasteiger partial charge is 0.497 e. The molecule has 3 atom stereocenters. The summed E-state index contributed by atoms with van der Waals surface area (Å²) in [5, 5.41) is 0. The number of methoxy groups -OCH3 is 1. The molecule has 3 aromatic rings. The standard InChI is InChI=1S/C27H18BrNO6/c1-34-17-11-9-16(10-12-17)29-25(32)20-21(26(29)33)27(35-22(20)14-5-4-6-15(28)13-14)23(30)18-7-2-3-8-19(18)24(27)31/h2-13,20-22H,1H3/t20-,21-,22-/m0/s1. The molecule has 0 bridgehead atoms. The number of fused-ring (bicyclic) bond motifs is 3. The third-order valence-electron chi connectivity index (χ3n) is 7.03. The molecule has 35 heavy (non-hydrogen) atoms. The van der Waals surface area contributed by atoms with Gasteiger partial charge in [0.15, 0.2) is 0 Å². The van der Waals surface area contributed by atoms with Crippen LogP contribution in [0.1, 0.15) is 32.4 Å². The van der Waals surface area contributed by atoms with Gasteiger partial charge >= 0.3 is 0 Å². The number of carbonyl (C=O) groups excluding carboxylic acids is 4. The highest BCUT2D eigenvalue weighted by molar-refractivity contribution is 9.10. The Morgan fingerprint density at radius 2 is 1.51 bits per heavy atom. The highest BCUT2D eigenvalue weighted by Crippen LogP contribution is 2.57. The molecule has 1 aliphatic carbocycles. The first-order chi connectivity index (χ1) is 16.9. The van der Waals surface area contributed by atoms with Crippen molar-refractivity contribution in [2.75, 3.05) is 12.0 Å². The summed E-state index contributed by atoms with van der Waals surface area (Å²) in [6, 6.07) is 20.0. The molecule has 3 aromatic carbocycles. The Hall–Kier alpha value is -3.62. The third-order valence-corrected chi connectivity index (χ3v) is 7.52. The molecule has 2 aliphatic heterocycles. The molecule has 2 amide bonds. The molecule has 3 aliphatic rings. The molecule has 0 aromatic heterocycles. The lowest BCUT2D eigenvalue weighted by Gasteiger charge is -2.27. The Labute approximate surface area is 208 Å². The van der Waals surface area contributed by atoms with E-state index in [2.05, 4.69) is 15.9 Å². The van der Waals surface area contributed by atoms with Crippen molar-refractivity contribution in [3.05, 3.63) is 94.0 Å². The summed E-state index contributed by atoms with van der Waals surface area (Å²) in [5.74, 6) is -4.06. The van der Waals surface area contributed by atoms with E-state index in [1.807, 2.05) is 6.07 Å². The van der Waals surface area contributed by atoms with E-state index in [-0.39, 0.29) is 11.1 Å². The lowest BCUT2D eigenvalue weighted by Crippen LogP contribution is -2.51. The first-order valence-corrected chi connectivity index (χ1v) is 11.8. The molecule has 0 N–H and O–H groups in total. The van der Waals surface area contributed by atoms with Gasteiger partial charge in [0.05, 0.1) is 30.7 Å². The molecular formula is C27H18BrNO6. The van der Waals surface area contributed by atoms with Gasteiger partial charge < -0.3 is 9.47 Å². The molecule has 8 heteroatoms. The highest BCUT2D eigenvalue weighted by Gasteiger charge is 2.74. The van der Waals surface area contributed by atoms with E-state index in [1.54, 1.807) is 66.7 Å². The van der Waals surface area contributed by atoms with Crippen molar-refractivity contribution in [3.63, 3.8) is 0 Å². The second-order valence-corrected chi connectivity index (χ2v) is 9.66. The molecule has 2 fully saturated rings. The van der Waals surface area contributed by atoms with Crippen LogP contribution in [0.5, 0.6) is 5.75 Å². The molecular weight excluding hydrogens is 514 g/mol. The maximum atomic E-state index is 13.9. The molecule has 0 unspecified atom stereocenters. The van der Waals surface area contributed by atoms with E-state index in [1.165, 1.54) is 7.11 Å². The quantitative estimate of drug-likeness (QED) is 0.372. The van der Waals surface area contributed by atoms with Crippen LogP contribution >= 0.6 is 15.9 Å². The number of imide groups is 1. The maximum Gasteiger partial charge on any atom is 0.241 e. The fraction of sp³-hybridized carbons (Fsp3) is 0.185. The SMILES string of the molecule is COc1ccc(N2C(=O)[C@H]3[C@@H](C2=O)C2(O[C@H]3c3cccc(Br)c3)C(=O)c3ccccc3C2=O)cc1. The van der Waals surface area contributed by atoms with Crippen molar-refractivity contribution in [1.82, 2.24) is 0 Å². The number of nitrogens with zero attached hydrogens (tertiary/aromatic N) is 1. The molecule has 0 radical (unpaired) electrons. The van der Waals surface area contributed by atoms with Crippen LogP contribution in [0.3, 0.4) is 0 Å². The van der Waals surface area contributed by atoms with Crippen molar-refractivity contribution in [3.8, 4) is 5.75 Å². The molecule has 0 saturated carbocycles. The number of halogens is 1. The van der Waals surface area contributed by atoms with Crippen molar-refractivity contribution >= 4 is 45.0 Å². The fourth-order valence-electron chi connectivity index (χ4n) is 5.49. The maximum absolute atomic E-state index is 13.9. The average Bonchev–Trinajstić information content (AvgIpc) is 3.44. The lowest BCUT2D eigenvalue weighted by molar-refractivity contribution is -0.127. The zero-order valence-corrected chi connectivity index (χ0v) is 20.0. The van der Waals surface area contributed by atoms with Crippen LogP contribution in [0, 0.1) is 11.8 Å². The monoisotopic (exact) mass is 531 g/mol. The van der Waals surface area contributed by atoms with Gasteiger partial charge in [0.25, 0.3) is 0 Å². The van der Waals surface area contributed by atoms with E-state index in [4.69, 9.17) is 9.47 Å². The van der Waals surface area contributed by atoms with Crippen LogP contribution in [0.2, 0.25) is 0 Å². The van der Waals surface area contributed by atoms with Gasteiger partial charge in [-0.1, -0.05) is 52.3 Å². The van der Waals surface area contributed by atoms with Crippen LogP contribution < -0.4 is 9.64 Å². The first-order valence-electron chi connectivity index (χ1n) is 11.0. The number of benzene rings is 3. The molecule has 2 saturated heterocycles. The summed E-state index contributed by atoms with van der Waals surface area (Å²) in [7, 11) is 1.52. The summed E-state index contributed by atoms with van der Waals surface area (Å²) in [6.07, 6.45) is -0.959. The number of hydrogen-bond acceptors (Lipinski definition) is 6. The van der Waals surface area contributed by atoms with Crippen LogP contribution in [-0.4, -0.2) is 36.1 Å². The van der Waals surface area contributed by atoms with Crippen molar-refractivity contribution < 1.29 is 28.7 Å². The lowest BCUT2D eigenvalue weighted by atomic mass is 9.77. The van der Waals surface area contributed by atoms with Crippen molar-refractivity contribution in [1.29, 1.82) is 0 Å². The topological polar surface area (TPSA) is 90.0 Å². The van der Waals surface area contributed by atoms with E-state index < -0.39 is 46.9 Å². The summed E-state index contributed by atoms with van der Waals surface area (Å²) in [6.45, 7) is 0. The van der Waals surface area contributed by atoms with E-state index in [9.17, 15) is 19.2 Å². The molecule has 1 spiro atoms. The van der Waals surface area contributed by atoms with Crippen LogP contribution in [-0.2, 0) is 14.3 Å². The van der Waals surface area contributed by atoms with Crippen LogP contribution in [0.25, 0.3) is 0 Å². The molecule has 7 nitrogen and oxygen atoms in total. The Balaban J connectivity index is 1.53. The number of anilines is 1. The van der Waals surface area contributed by atoms with Gasteiger partial charge in [0, 0.05) is 15.6 Å². The van der Waals surface area contributed by atoms with Gasteiger partial charge in [0.2, 0.25) is 29.0 Å². The second-order valence-electron chi connectivity index (χ2n) is 8.75. The number of ketones is 2. The van der Waals surface area contributed by atoms with Gasteiger partial charge in [-0.15, -0.1) is 0 Å². The number of carbonyl (C=O) groups is 4. The molecule has 174 valence electrons. The van der Waals surface area contributed by atoms with E-state index >= 15 is 0 Å². The fourth-order valence-corrected chi connectivity index (χ4v) is 5.90. The third kappa shape index (κ3) is 2.87. The minimum atomic E-state index is -2.09. The van der Waals surface area contributed by atoms with Gasteiger partial charge in [-0.2, -0.15) is 0 Å². The summed E-state index contributed by atoms with van der Waals surface area (Å²) in [4.78, 5) is 56.2. The summed E-state index contributed by atoms with van der Waals surface area (Å²) in [5.41, 5.74) is -0.743. The highest BCUT2D eigenvalue weighted by atomic mass is 79.9. The zero-order chi connectivity index (χ0) is 24.5. The summed E-state index contributed by atoms with van der Waals surface area (Å²) < 4.78 is 12.2. The minimum absolute atomic E-state index is 0.203. The first kappa shape index (κ1) is 21.9. The van der Waals surface area contributed by atoms with Gasteiger partial charge in [-0.25, -0.2) is 4.90 Å². The van der Waals surface area contributed by atoms with Gasteiger partial charge in [-0.3, -0.25) is 19.2 Å². The predicted octanol–water partition coefficient (Wildman–Crippen LogP) is 4.15. The average molecular weight is 532 g/mol. The van der Waals surface area contributed by atoms with Gasteiger partial charge in [-0.05, 0) is 42.0 Å². The minimum Gasteiger partial charge on any atom is -0.497 e. The predicted molar refractivity (Wildman–Crippen MR) is 128 cm³/mol. The second kappa shape index (κ2) is 7.69. The Bertz CT molecular complexity index is 1400. The number of ether oxygens (including phenoxy) is 2. The number of rotatable bonds is 3. The number of hydrogen-bond donors (Lipinski definition) is 0. The van der Waals surface area contributed by atoms with Crippen molar-refractivity contribution in [2.24, 2.45) is 11.8 Å². The Morgan fingerprint density at radius 1 is 0.857 bits per heavy atom.